The summed E-state index contributed by atoms with van der Waals surface area (Å²) >= 11 is 0. The molecular weight excluding hydrogens is 264 g/mol. The molecular formula is C15H19F2NO2. The van der Waals surface area contributed by atoms with Crippen LogP contribution in [-0.2, 0) is 16.1 Å². The predicted octanol–water partition coefficient (Wildman–Crippen LogP) is 2.74. The number of ether oxygens (including phenoxy) is 1. The zero-order valence-electron chi connectivity index (χ0n) is 11.6. The molecule has 1 aliphatic heterocycles. The number of esters is 1. The number of carbonyl (C=O) groups is 1. The largest absolute Gasteiger partial charge is 0.466 e. The smallest absolute Gasteiger partial charge is 0.302 e. The van der Waals surface area contributed by atoms with Crippen molar-refractivity contribution in [2.45, 2.75) is 26.3 Å². The van der Waals surface area contributed by atoms with Crippen LogP contribution in [0.5, 0.6) is 0 Å². The standard InChI is InChI=1S/C15H19F2NO2/c1-11(19)20-10-12-3-2-6-18(8-12)9-13-7-14(16)4-5-15(13)17/h4-5,7,12H,2-3,6,8-10H2,1H3/t12-/m0/s1. The fourth-order valence-corrected chi connectivity index (χ4v) is 2.57. The van der Waals surface area contributed by atoms with Crippen molar-refractivity contribution in [1.82, 2.24) is 4.90 Å². The van der Waals surface area contributed by atoms with Crippen LogP contribution in [0.3, 0.4) is 0 Å². The van der Waals surface area contributed by atoms with E-state index in [1.165, 1.54) is 13.0 Å². The summed E-state index contributed by atoms with van der Waals surface area (Å²) in [4.78, 5) is 12.9. The summed E-state index contributed by atoms with van der Waals surface area (Å²) in [6.07, 6.45) is 1.97. The summed E-state index contributed by atoms with van der Waals surface area (Å²) in [5.74, 6) is -0.814. The Morgan fingerprint density at radius 3 is 3.00 bits per heavy atom. The molecule has 0 N–H and O–H groups in total. The van der Waals surface area contributed by atoms with E-state index in [0.29, 0.717) is 18.7 Å². The lowest BCUT2D eigenvalue weighted by Crippen LogP contribution is -2.37. The van der Waals surface area contributed by atoms with E-state index in [4.69, 9.17) is 4.74 Å². The molecule has 1 aromatic rings. The Bertz CT molecular complexity index is 479. The van der Waals surface area contributed by atoms with E-state index in [1.807, 2.05) is 0 Å². The molecule has 1 saturated heterocycles. The summed E-state index contributed by atoms with van der Waals surface area (Å²) in [6.45, 7) is 3.77. The van der Waals surface area contributed by atoms with Crippen LogP contribution in [0, 0.1) is 17.6 Å². The van der Waals surface area contributed by atoms with Crippen molar-refractivity contribution in [2.75, 3.05) is 19.7 Å². The van der Waals surface area contributed by atoms with Gasteiger partial charge in [0.25, 0.3) is 0 Å². The molecule has 0 radical (unpaired) electrons. The van der Waals surface area contributed by atoms with Crippen LogP contribution in [0.1, 0.15) is 25.3 Å². The first kappa shape index (κ1) is 14.9. The minimum atomic E-state index is -0.421. The molecule has 0 saturated carbocycles. The first-order chi connectivity index (χ1) is 9.54. The second-order valence-electron chi connectivity index (χ2n) is 5.28. The summed E-state index contributed by atoms with van der Waals surface area (Å²) < 4.78 is 31.8. The van der Waals surface area contributed by atoms with Crippen molar-refractivity contribution in [3.63, 3.8) is 0 Å². The number of hydrogen-bond acceptors (Lipinski definition) is 3. The lowest BCUT2D eigenvalue weighted by molar-refractivity contribution is -0.142. The van der Waals surface area contributed by atoms with Crippen molar-refractivity contribution in [1.29, 1.82) is 0 Å². The Labute approximate surface area is 117 Å². The summed E-state index contributed by atoms with van der Waals surface area (Å²) in [5.41, 5.74) is 0.373. The minimum absolute atomic E-state index is 0.268. The lowest BCUT2D eigenvalue weighted by Gasteiger charge is -2.32. The van der Waals surface area contributed by atoms with Gasteiger partial charge in [0.05, 0.1) is 6.61 Å². The van der Waals surface area contributed by atoms with Gasteiger partial charge in [0.1, 0.15) is 11.6 Å². The monoisotopic (exact) mass is 283 g/mol. The van der Waals surface area contributed by atoms with Crippen LogP contribution >= 0.6 is 0 Å². The normalized spacial score (nSPS) is 19.9. The molecule has 0 unspecified atom stereocenters. The molecule has 1 fully saturated rings. The number of carbonyl (C=O) groups excluding carboxylic acids is 1. The van der Waals surface area contributed by atoms with Gasteiger partial charge >= 0.3 is 5.97 Å². The third kappa shape index (κ3) is 4.27. The maximum atomic E-state index is 13.6. The summed E-state index contributed by atoms with van der Waals surface area (Å²) in [6, 6.07) is 3.52. The number of benzene rings is 1. The highest BCUT2D eigenvalue weighted by Gasteiger charge is 2.21. The maximum Gasteiger partial charge on any atom is 0.302 e. The SMILES string of the molecule is CC(=O)OC[C@H]1CCCN(Cc2cc(F)ccc2F)C1. The molecule has 0 spiro atoms. The second-order valence-corrected chi connectivity index (χ2v) is 5.28. The minimum Gasteiger partial charge on any atom is -0.466 e. The highest BCUT2D eigenvalue weighted by molar-refractivity contribution is 5.65. The Kier molecular flexibility index (Phi) is 5.06. The van der Waals surface area contributed by atoms with Crippen LogP contribution in [0.15, 0.2) is 18.2 Å². The molecule has 1 atom stereocenters. The van der Waals surface area contributed by atoms with Gasteiger partial charge in [0.15, 0.2) is 0 Å². The fraction of sp³-hybridized carbons (Fsp3) is 0.533. The molecule has 2 rings (SSSR count). The molecule has 0 amide bonds. The Hall–Kier alpha value is -1.49. The van der Waals surface area contributed by atoms with E-state index in [9.17, 15) is 13.6 Å². The number of piperidine rings is 1. The van der Waals surface area contributed by atoms with Crippen LogP contribution in [0.2, 0.25) is 0 Å². The van der Waals surface area contributed by atoms with Gasteiger partial charge in [-0.25, -0.2) is 8.78 Å². The van der Waals surface area contributed by atoms with Crippen molar-refractivity contribution < 1.29 is 18.3 Å². The molecule has 1 aliphatic rings. The molecule has 0 bridgehead atoms. The summed E-state index contributed by atoms with van der Waals surface area (Å²) in [7, 11) is 0. The zero-order chi connectivity index (χ0) is 14.5. The van der Waals surface area contributed by atoms with Gasteiger partial charge in [-0.3, -0.25) is 9.69 Å². The van der Waals surface area contributed by atoms with Crippen molar-refractivity contribution in [3.05, 3.63) is 35.4 Å². The Morgan fingerprint density at radius 2 is 2.25 bits per heavy atom. The molecule has 3 nitrogen and oxygen atoms in total. The molecule has 5 heteroatoms. The summed E-state index contributed by atoms with van der Waals surface area (Å²) in [5, 5.41) is 0. The quantitative estimate of drug-likeness (QED) is 0.796. The van der Waals surface area contributed by atoms with E-state index in [0.717, 1.165) is 38.1 Å². The van der Waals surface area contributed by atoms with Gasteiger partial charge in [-0.1, -0.05) is 0 Å². The van der Waals surface area contributed by atoms with Crippen molar-refractivity contribution in [2.24, 2.45) is 5.92 Å². The number of nitrogens with zero attached hydrogens (tertiary/aromatic N) is 1. The number of hydrogen-bond donors (Lipinski definition) is 0. The number of likely N-dealkylation sites (tertiary alicyclic amines) is 1. The molecule has 20 heavy (non-hydrogen) atoms. The molecule has 0 aliphatic carbocycles. The highest BCUT2D eigenvalue weighted by Crippen LogP contribution is 2.20. The van der Waals surface area contributed by atoms with Crippen molar-refractivity contribution in [3.8, 4) is 0 Å². The fourth-order valence-electron chi connectivity index (χ4n) is 2.57. The zero-order valence-corrected chi connectivity index (χ0v) is 11.6. The third-order valence-corrected chi connectivity index (χ3v) is 3.53. The maximum absolute atomic E-state index is 13.6. The van der Waals surface area contributed by atoms with E-state index in [1.54, 1.807) is 0 Å². The number of halogens is 2. The van der Waals surface area contributed by atoms with Crippen LogP contribution in [0.4, 0.5) is 8.78 Å². The molecule has 0 aromatic heterocycles. The van der Waals surface area contributed by atoms with Gasteiger partial charge in [-0.15, -0.1) is 0 Å². The third-order valence-electron chi connectivity index (χ3n) is 3.53. The van der Waals surface area contributed by atoms with Gasteiger partial charge in [-0.05, 0) is 37.6 Å². The van der Waals surface area contributed by atoms with Crippen LogP contribution in [0.25, 0.3) is 0 Å². The van der Waals surface area contributed by atoms with Gasteiger partial charge < -0.3 is 4.74 Å². The van der Waals surface area contributed by atoms with Gasteiger partial charge in [0.2, 0.25) is 0 Å². The lowest BCUT2D eigenvalue weighted by atomic mass is 9.98. The van der Waals surface area contributed by atoms with Crippen LogP contribution in [-0.4, -0.2) is 30.6 Å². The molecule has 110 valence electrons. The average molecular weight is 283 g/mol. The predicted molar refractivity (Wildman–Crippen MR) is 71.0 cm³/mol. The Balaban J connectivity index is 1.92. The van der Waals surface area contributed by atoms with E-state index in [-0.39, 0.29) is 17.7 Å². The molecule has 1 heterocycles. The first-order valence-electron chi connectivity index (χ1n) is 6.84. The van der Waals surface area contributed by atoms with E-state index in [2.05, 4.69) is 4.90 Å². The topological polar surface area (TPSA) is 29.5 Å². The average Bonchev–Trinajstić information content (AvgIpc) is 2.41. The number of rotatable bonds is 4. The van der Waals surface area contributed by atoms with Crippen LogP contribution < -0.4 is 0 Å². The van der Waals surface area contributed by atoms with E-state index < -0.39 is 5.82 Å². The second kappa shape index (κ2) is 6.79. The van der Waals surface area contributed by atoms with Crippen molar-refractivity contribution >= 4 is 5.97 Å². The van der Waals surface area contributed by atoms with Gasteiger partial charge in [0, 0.05) is 31.5 Å². The molecule has 1 aromatic carbocycles. The Morgan fingerprint density at radius 1 is 1.45 bits per heavy atom. The van der Waals surface area contributed by atoms with E-state index >= 15 is 0 Å². The highest BCUT2D eigenvalue weighted by atomic mass is 19.1. The first-order valence-corrected chi connectivity index (χ1v) is 6.84. The van der Waals surface area contributed by atoms with Gasteiger partial charge in [-0.2, -0.15) is 0 Å².